The van der Waals surface area contributed by atoms with E-state index in [0.29, 0.717) is 18.5 Å². The number of nitro benzene ring substituents is 1. The standard InChI is InChI=1S/C16H17N3O6S2/c1-26(22,23)18-8-7-12-5-6-14(9-13(12)11-18)17-27(24,25)16-4-2-3-15(10-16)19(20)21/h2-6,9-10,17H,7-8,11H2,1H3. The summed E-state index contributed by atoms with van der Waals surface area (Å²) < 4.78 is 52.3. The third-order valence-electron chi connectivity index (χ3n) is 4.24. The van der Waals surface area contributed by atoms with Crippen LogP contribution in [0.1, 0.15) is 11.1 Å². The fraction of sp³-hybridized carbons (Fsp3) is 0.250. The van der Waals surface area contributed by atoms with Gasteiger partial charge in [-0.2, -0.15) is 4.31 Å². The number of nitrogens with zero attached hydrogens (tertiary/aromatic N) is 2. The van der Waals surface area contributed by atoms with Gasteiger partial charge in [-0.3, -0.25) is 14.8 Å². The smallest absolute Gasteiger partial charge is 0.270 e. The predicted molar refractivity (Wildman–Crippen MR) is 99.3 cm³/mol. The number of nitro groups is 1. The first-order chi connectivity index (χ1) is 12.6. The molecular formula is C16H17N3O6S2. The molecule has 0 fully saturated rings. The van der Waals surface area contributed by atoms with Crippen molar-refractivity contribution in [1.29, 1.82) is 0 Å². The van der Waals surface area contributed by atoms with Crippen molar-refractivity contribution >= 4 is 31.4 Å². The number of anilines is 1. The lowest BCUT2D eigenvalue weighted by Crippen LogP contribution is -2.35. The van der Waals surface area contributed by atoms with Gasteiger partial charge in [0.25, 0.3) is 15.7 Å². The molecule has 1 aliphatic rings. The second kappa shape index (κ2) is 6.91. The van der Waals surface area contributed by atoms with Gasteiger partial charge in [-0.25, -0.2) is 16.8 Å². The Labute approximate surface area is 156 Å². The van der Waals surface area contributed by atoms with Crippen LogP contribution in [-0.2, 0) is 33.0 Å². The minimum Gasteiger partial charge on any atom is -0.280 e. The summed E-state index contributed by atoms with van der Waals surface area (Å²) >= 11 is 0. The van der Waals surface area contributed by atoms with Gasteiger partial charge in [-0.1, -0.05) is 12.1 Å². The first kappa shape index (κ1) is 19.3. The van der Waals surface area contributed by atoms with E-state index in [1.54, 1.807) is 18.2 Å². The maximum atomic E-state index is 12.5. The zero-order chi connectivity index (χ0) is 19.8. The molecule has 27 heavy (non-hydrogen) atoms. The highest BCUT2D eigenvalue weighted by Gasteiger charge is 2.24. The highest BCUT2D eigenvalue weighted by molar-refractivity contribution is 7.92. The van der Waals surface area contributed by atoms with Gasteiger partial charge in [-0.05, 0) is 35.7 Å². The first-order valence-corrected chi connectivity index (χ1v) is 11.2. The summed E-state index contributed by atoms with van der Waals surface area (Å²) in [6.07, 6.45) is 1.67. The Morgan fingerprint density at radius 2 is 1.81 bits per heavy atom. The maximum absolute atomic E-state index is 12.5. The summed E-state index contributed by atoms with van der Waals surface area (Å²) in [7, 11) is -7.37. The average molecular weight is 411 g/mol. The molecule has 1 aliphatic heterocycles. The van der Waals surface area contributed by atoms with Crippen LogP contribution in [0, 0.1) is 10.1 Å². The first-order valence-electron chi connectivity index (χ1n) is 7.90. The number of sulfonamides is 2. The van der Waals surface area contributed by atoms with E-state index < -0.39 is 25.0 Å². The predicted octanol–water partition coefficient (Wildman–Crippen LogP) is 1.71. The van der Waals surface area contributed by atoms with Gasteiger partial charge in [-0.15, -0.1) is 0 Å². The number of hydrogen-bond donors (Lipinski definition) is 1. The summed E-state index contributed by atoms with van der Waals surface area (Å²) in [6.45, 7) is 0.547. The molecule has 2 aromatic carbocycles. The molecule has 0 amide bonds. The SMILES string of the molecule is CS(=O)(=O)N1CCc2ccc(NS(=O)(=O)c3cccc([N+](=O)[O-])c3)cc2C1. The number of hydrogen-bond acceptors (Lipinski definition) is 6. The van der Waals surface area contributed by atoms with Crippen LogP contribution < -0.4 is 4.72 Å². The highest BCUT2D eigenvalue weighted by Crippen LogP contribution is 2.26. The Morgan fingerprint density at radius 1 is 1.07 bits per heavy atom. The third-order valence-corrected chi connectivity index (χ3v) is 6.87. The number of nitrogens with one attached hydrogen (secondary N) is 1. The molecule has 0 atom stereocenters. The average Bonchev–Trinajstić information content (AvgIpc) is 2.60. The van der Waals surface area contributed by atoms with Crippen molar-refractivity contribution in [3.05, 3.63) is 63.7 Å². The van der Waals surface area contributed by atoms with Crippen LogP contribution in [0.3, 0.4) is 0 Å². The van der Waals surface area contributed by atoms with Crippen molar-refractivity contribution in [3.8, 4) is 0 Å². The molecule has 0 aliphatic carbocycles. The molecule has 1 heterocycles. The molecule has 11 heteroatoms. The van der Waals surface area contributed by atoms with Gasteiger partial charge >= 0.3 is 0 Å². The molecule has 2 aromatic rings. The minimum absolute atomic E-state index is 0.167. The molecule has 0 spiro atoms. The molecule has 0 aromatic heterocycles. The van der Waals surface area contributed by atoms with Crippen LogP contribution >= 0.6 is 0 Å². The Balaban J connectivity index is 1.88. The molecule has 0 saturated carbocycles. The lowest BCUT2D eigenvalue weighted by molar-refractivity contribution is -0.385. The molecular weight excluding hydrogens is 394 g/mol. The van der Waals surface area contributed by atoms with E-state index in [4.69, 9.17) is 0 Å². The Morgan fingerprint density at radius 3 is 2.48 bits per heavy atom. The van der Waals surface area contributed by atoms with Crippen molar-refractivity contribution in [2.45, 2.75) is 17.9 Å². The van der Waals surface area contributed by atoms with Gasteiger partial charge in [0.1, 0.15) is 0 Å². The van der Waals surface area contributed by atoms with Crippen molar-refractivity contribution in [3.63, 3.8) is 0 Å². The minimum atomic E-state index is -4.02. The number of rotatable bonds is 5. The summed E-state index contributed by atoms with van der Waals surface area (Å²) in [6, 6.07) is 9.66. The van der Waals surface area contributed by atoms with E-state index in [9.17, 15) is 26.9 Å². The fourth-order valence-electron chi connectivity index (χ4n) is 2.86. The summed E-state index contributed by atoms with van der Waals surface area (Å²) in [4.78, 5) is 9.95. The van der Waals surface area contributed by atoms with Crippen molar-refractivity contribution in [2.75, 3.05) is 17.5 Å². The molecule has 3 rings (SSSR count). The van der Waals surface area contributed by atoms with E-state index in [1.807, 2.05) is 0 Å². The molecule has 0 radical (unpaired) electrons. The lowest BCUT2D eigenvalue weighted by Gasteiger charge is -2.27. The molecule has 0 saturated heterocycles. The van der Waals surface area contributed by atoms with E-state index in [1.165, 1.54) is 22.5 Å². The fourth-order valence-corrected chi connectivity index (χ4v) is 4.74. The molecule has 9 nitrogen and oxygen atoms in total. The third kappa shape index (κ3) is 4.26. The second-order valence-corrected chi connectivity index (χ2v) is 9.85. The van der Waals surface area contributed by atoms with Crippen LogP contribution in [0.25, 0.3) is 0 Å². The number of non-ortho nitro benzene ring substituents is 1. The number of benzene rings is 2. The van der Waals surface area contributed by atoms with E-state index >= 15 is 0 Å². The van der Waals surface area contributed by atoms with Crippen LogP contribution in [0.2, 0.25) is 0 Å². The molecule has 1 N–H and O–H groups in total. The Hall–Kier alpha value is -2.50. The summed E-state index contributed by atoms with van der Waals surface area (Å²) in [5.74, 6) is 0. The van der Waals surface area contributed by atoms with E-state index in [-0.39, 0.29) is 22.8 Å². The van der Waals surface area contributed by atoms with Gasteiger partial charge in [0.2, 0.25) is 10.0 Å². The zero-order valence-corrected chi connectivity index (χ0v) is 16.0. The lowest BCUT2D eigenvalue weighted by atomic mass is 10.0. The van der Waals surface area contributed by atoms with Crippen LogP contribution in [0.15, 0.2) is 47.4 Å². The van der Waals surface area contributed by atoms with Crippen molar-refractivity contribution < 1.29 is 21.8 Å². The van der Waals surface area contributed by atoms with Crippen LogP contribution in [0.5, 0.6) is 0 Å². The second-order valence-electron chi connectivity index (χ2n) is 6.19. The van der Waals surface area contributed by atoms with Gasteiger partial charge in [0.05, 0.1) is 16.1 Å². The van der Waals surface area contributed by atoms with Gasteiger partial charge in [0.15, 0.2) is 0 Å². The topological polar surface area (TPSA) is 127 Å². The highest BCUT2D eigenvalue weighted by atomic mass is 32.2. The quantitative estimate of drug-likeness (QED) is 0.589. The van der Waals surface area contributed by atoms with Gasteiger partial charge < -0.3 is 0 Å². The van der Waals surface area contributed by atoms with Crippen molar-refractivity contribution in [2.24, 2.45) is 0 Å². The largest absolute Gasteiger partial charge is 0.280 e. The number of fused-ring (bicyclic) bond motifs is 1. The monoisotopic (exact) mass is 411 g/mol. The normalized spacial score (nSPS) is 15.1. The van der Waals surface area contributed by atoms with Gasteiger partial charge in [0, 0.05) is 30.9 Å². The molecule has 0 bridgehead atoms. The van der Waals surface area contributed by atoms with Crippen LogP contribution in [-0.4, -0.2) is 38.9 Å². The molecule has 0 unspecified atom stereocenters. The zero-order valence-electron chi connectivity index (χ0n) is 14.3. The Bertz CT molecular complexity index is 1110. The van der Waals surface area contributed by atoms with Crippen molar-refractivity contribution in [1.82, 2.24) is 4.31 Å². The van der Waals surface area contributed by atoms with Crippen LogP contribution in [0.4, 0.5) is 11.4 Å². The maximum Gasteiger partial charge on any atom is 0.270 e. The van der Waals surface area contributed by atoms with E-state index in [2.05, 4.69) is 4.72 Å². The molecule has 144 valence electrons. The summed E-state index contributed by atoms with van der Waals surface area (Å²) in [5.41, 5.74) is 1.60. The summed E-state index contributed by atoms with van der Waals surface area (Å²) in [5, 5.41) is 10.8. The van der Waals surface area contributed by atoms with E-state index in [0.717, 1.165) is 17.9 Å². The Kier molecular flexibility index (Phi) is 4.93.